The predicted octanol–water partition coefficient (Wildman–Crippen LogP) is 1.91. The third-order valence-electron chi connectivity index (χ3n) is 2.77. The summed E-state index contributed by atoms with van der Waals surface area (Å²) in [5.41, 5.74) is 0.355. The van der Waals surface area contributed by atoms with E-state index >= 15 is 0 Å². The lowest BCUT2D eigenvalue weighted by Gasteiger charge is -2.07. The monoisotopic (exact) mass is 215 g/mol. The third kappa shape index (κ3) is 2.02. The average molecular weight is 215 g/mol. The van der Waals surface area contributed by atoms with Crippen LogP contribution in [0.4, 0.5) is 8.78 Å². The summed E-state index contributed by atoms with van der Waals surface area (Å²) in [5, 5.41) is 3.19. The topological polar surface area (TPSA) is 40.7 Å². The summed E-state index contributed by atoms with van der Waals surface area (Å²) in [5.74, 6) is -1.92. The van der Waals surface area contributed by atoms with Gasteiger partial charge in [-0.1, -0.05) is 0 Å². The number of H-pyrrole nitrogens is 1. The Morgan fingerprint density at radius 3 is 2.67 bits per heavy atom. The summed E-state index contributed by atoms with van der Waals surface area (Å²) in [6.07, 6.45) is 0.960. The summed E-state index contributed by atoms with van der Waals surface area (Å²) in [4.78, 5) is 6.98. The van der Waals surface area contributed by atoms with Gasteiger partial charge in [-0.2, -0.15) is 8.78 Å². The molecule has 1 aromatic heterocycles. The molecule has 0 aliphatic carbocycles. The number of halogens is 2. The van der Waals surface area contributed by atoms with Crippen LogP contribution in [-0.2, 0) is 5.92 Å². The van der Waals surface area contributed by atoms with Gasteiger partial charge in [0.05, 0.1) is 0 Å². The highest BCUT2D eigenvalue weighted by atomic mass is 19.3. The van der Waals surface area contributed by atoms with Gasteiger partial charge in [0, 0.05) is 25.1 Å². The highest BCUT2D eigenvalue weighted by Gasteiger charge is 2.32. The van der Waals surface area contributed by atoms with Crippen LogP contribution in [-0.4, -0.2) is 23.1 Å². The Kier molecular flexibility index (Phi) is 2.50. The fourth-order valence-electron chi connectivity index (χ4n) is 1.99. The molecule has 0 aromatic carbocycles. The second kappa shape index (κ2) is 3.56. The number of aryl methyl sites for hydroxylation is 1. The van der Waals surface area contributed by atoms with Gasteiger partial charge in [-0.25, -0.2) is 4.98 Å². The van der Waals surface area contributed by atoms with Crippen molar-refractivity contribution < 1.29 is 8.78 Å². The second-order valence-corrected chi connectivity index (χ2v) is 4.17. The molecular formula is C10H15F2N3. The van der Waals surface area contributed by atoms with Gasteiger partial charge >= 0.3 is 0 Å². The zero-order chi connectivity index (χ0) is 11.1. The molecule has 0 spiro atoms. The van der Waals surface area contributed by atoms with Crippen LogP contribution in [0.15, 0.2) is 0 Å². The predicted molar refractivity (Wildman–Crippen MR) is 53.1 cm³/mol. The van der Waals surface area contributed by atoms with Gasteiger partial charge in [-0.05, 0) is 19.9 Å². The van der Waals surface area contributed by atoms with E-state index in [0.717, 1.165) is 26.4 Å². The first-order valence-electron chi connectivity index (χ1n) is 5.14. The van der Waals surface area contributed by atoms with E-state index in [1.807, 2.05) is 0 Å². The number of nitrogens with zero attached hydrogens (tertiary/aromatic N) is 1. The molecule has 1 fully saturated rings. The quantitative estimate of drug-likeness (QED) is 0.791. The SMILES string of the molecule is Cc1[nH]c(C2CCNC2)nc1C(C)(F)F. The first kappa shape index (κ1) is 10.5. The molecule has 0 saturated carbocycles. The molecule has 2 heterocycles. The van der Waals surface area contributed by atoms with Crippen LogP contribution in [0.3, 0.4) is 0 Å². The second-order valence-electron chi connectivity index (χ2n) is 4.17. The van der Waals surface area contributed by atoms with Gasteiger partial charge in [0.2, 0.25) is 0 Å². The molecule has 84 valence electrons. The minimum atomic E-state index is -2.86. The molecule has 0 radical (unpaired) electrons. The number of alkyl halides is 2. The van der Waals surface area contributed by atoms with Crippen molar-refractivity contribution >= 4 is 0 Å². The molecular weight excluding hydrogens is 200 g/mol. The van der Waals surface area contributed by atoms with E-state index in [0.29, 0.717) is 11.5 Å². The van der Waals surface area contributed by atoms with E-state index in [1.165, 1.54) is 0 Å². The highest BCUT2D eigenvalue weighted by molar-refractivity contribution is 5.20. The number of hydrogen-bond acceptors (Lipinski definition) is 2. The first-order chi connectivity index (χ1) is 6.98. The third-order valence-corrected chi connectivity index (χ3v) is 2.77. The Morgan fingerprint density at radius 2 is 2.20 bits per heavy atom. The van der Waals surface area contributed by atoms with Gasteiger partial charge in [0.15, 0.2) is 0 Å². The van der Waals surface area contributed by atoms with Crippen LogP contribution in [0.2, 0.25) is 0 Å². The normalized spacial score (nSPS) is 22.3. The standard InChI is InChI=1S/C10H15F2N3/c1-6-8(10(2,11)12)15-9(14-6)7-3-4-13-5-7/h7,13H,3-5H2,1-2H3,(H,14,15). The van der Waals surface area contributed by atoms with Crippen molar-refractivity contribution in [2.24, 2.45) is 0 Å². The van der Waals surface area contributed by atoms with Crippen molar-refractivity contribution in [3.8, 4) is 0 Å². The zero-order valence-electron chi connectivity index (χ0n) is 8.90. The first-order valence-corrected chi connectivity index (χ1v) is 5.14. The van der Waals surface area contributed by atoms with Gasteiger partial charge in [0.1, 0.15) is 11.5 Å². The van der Waals surface area contributed by atoms with Gasteiger partial charge < -0.3 is 10.3 Å². The van der Waals surface area contributed by atoms with Crippen LogP contribution in [0.5, 0.6) is 0 Å². The lowest BCUT2D eigenvalue weighted by molar-refractivity contribution is 0.0124. The fourth-order valence-corrected chi connectivity index (χ4v) is 1.99. The van der Waals surface area contributed by atoms with E-state index in [2.05, 4.69) is 15.3 Å². The Labute approximate surface area is 87.3 Å². The summed E-state index contributed by atoms with van der Waals surface area (Å²) < 4.78 is 26.2. The lowest BCUT2D eigenvalue weighted by atomic mass is 10.1. The highest BCUT2D eigenvalue weighted by Crippen LogP contribution is 2.30. The Balaban J connectivity index is 2.28. The van der Waals surface area contributed by atoms with Gasteiger partial charge in [-0.3, -0.25) is 0 Å². The Bertz CT molecular complexity index is 348. The van der Waals surface area contributed by atoms with Crippen LogP contribution < -0.4 is 5.32 Å². The van der Waals surface area contributed by atoms with Gasteiger partial charge in [0.25, 0.3) is 5.92 Å². The molecule has 15 heavy (non-hydrogen) atoms. The molecule has 1 aliphatic rings. The average Bonchev–Trinajstić information content (AvgIpc) is 2.68. The van der Waals surface area contributed by atoms with Crippen molar-refractivity contribution in [3.05, 3.63) is 17.2 Å². The molecule has 2 rings (SSSR count). The van der Waals surface area contributed by atoms with Crippen molar-refractivity contribution in [2.45, 2.75) is 32.1 Å². The summed E-state index contributed by atoms with van der Waals surface area (Å²) in [7, 11) is 0. The molecule has 1 atom stereocenters. The van der Waals surface area contributed by atoms with Crippen molar-refractivity contribution in [1.82, 2.24) is 15.3 Å². The van der Waals surface area contributed by atoms with Crippen LogP contribution in [0.25, 0.3) is 0 Å². The van der Waals surface area contributed by atoms with Crippen LogP contribution in [0, 0.1) is 6.92 Å². The summed E-state index contributed by atoms with van der Waals surface area (Å²) in [6, 6.07) is 0. The minimum absolute atomic E-state index is 0.121. The molecule has 1 aromatic rings. The maximum absolute atomic E-state index is 13.1. The van der Waals surface area contributed by atoms with Crippen molar-refractivity contribution in [3.63, 3.8) is 0 Å². The molecule has 0 bridgehead atoms. The number of aromatic amines is 1. The summed E-state index contributed by atoms with van der Waals surface area (Å²) >= 11 is 0. The number of nitrogens with one attached hydrogen (secondary N) is 2. The minimum Gasteiger partial charge on any atom is -0.345 e. The number of rotatable bonds is 2. The van der Waals surface area contributed by atoms with Crippen molar-refractivity contribution in [2.75, 3.05) is 13.1 Å². The Hall–Kier alpha value is -0.970. The summed E-state index contributed by atoms with van der Waals surface area (Å²) in [6.45, 7) is 4.28. The van der Waals surface area contributed by atoms with E-state index in [9.17, 15) is 8.78 Å². The number of aromatic nitrogens is 2. The zero-order valence-corrected chi connectivity index (χ0v) is 8.90. The van der Waals surface area contributed by atoms with E-state index in [1.54, 1.807) is 6.92 Å². The van der Waals surface area contributed by atoms with E-state index in [-0.39, 0.29) is 11.6 Å². The maximum Gasteiger partial charge on any atom is 0.288 e. The molecule has 1 aliphatic heterocycles. The van der Waals surface area contributed by atoms with Gasteiger partial charge in [-0.15, -0.1) is 0 Å². The van der Waals surface area contributed by atoms with E-state index in [4.69, 9.17) is 0 Å². The molecule has 0 amide bonds. The molecule has 5 heteroatoms. The van der Waals surface area contributed by atoms with Crippen LogP contribution >= 0.6 is 0 Å². The largest absolute Gasteiger partial charge is 0.345 e. The van der Waals surface area contributed by atoms with E-state index < -0.39 is 5.92 Å². The molecule has 1 saturated heterocycles. The molecule has 2 N–H and O–H groups in total. The van der Waals surface area contributed by atoms with Crippen LogP contribution in [0.1, 0.15) is 36.5 Å². The molecule has 1 unspecified atom stereocenters. The Morgan fingerprint density at radius 1 is 1.47 bits per heavy atom. The lowest BCUT2D eigenvalue weighted by Crippen LogP contribution is -2.11. The fraction of sp³-hybridized carbons (Fsp3) is 0.700. The number of imidazole rings is 1. The molecule has 3 nitrogen and oxygen atoms in total. The maximum atomic E-state index is 13.1. The smallest absolute Gasteiger partial charge is 0.288 e. The van der Waals surface area contributed by atoms with Crippen molar-refractivity contribution in [1.29, 1.82) is 0 Å². The number of hydrogen-bond donors (Lipinski definition) is 2.